The van der Waals surface area contributed by atoms with Gasteiger partial charge in [-0.2, -0.15) is 0 Å². The molecule has 1 atom stereocenters. The zero-order chi connectivity index (χ0) is 14.7. The van der Waals surface area contributed by atoms with Crippen molar-refractivity contribution >= 4 is 17.8 Å². The smallest absolute Gasteiger partial charge is 0.326 e. The number of amides is 2. The van der Waals surface area contributed by atoms with Gasteiger partial charge in [-0.1, -0.05) is 26.7 Å². The van der Waals surface area contributed by atoms with Gasteiger partial charge in [0.15, 0.2) is 0 Å². The molecular weight excluding hydrogens is 248 g/mol. The lowest BCUT2D eigenvalue weighted by atomic mass is 10.1. The number of carboxylic acid groups (broad SMARTS) is 1. The van der Waals surface area contributed by atoms with Gasteiger partial charge in [0.25, 0.3) is 0 Å². The molecule has 1 unspecified atom stereocenters. The van der Waals surface area contributed by atoms with Crippen LogP contribution < -0.4 is 10.6 Å². The van der Waals surface area contributed by atoms with Crippen molar-refractivity contribution in [2.45, 2.75) is 58.4 Å². The van der Waals surface area contributed by atoms with Gasteiger partial charge in [-0.3, -0.25) is 9.59 Å². The summed E-state index contributed by atoms with van der Waals surface area (Å²) in [4.78, 5) is 33.8. The van der Waals surface area contributed by atoms with E-state index in [0.29, 0.717) is 13.0 Å². The summed E-state index contributed by atoms with van der Waals surface area (Å²) in [6.45, 7) is 4.49. The summed E-state index contributed by atoms with van der Waals surface area (Å²) in [5, 5.41) is 14.1. The molecule has 0 heterocycles. The molecule has 3 N–H and O–H groups in total. The second-order valence-corrected chi connectivity index (χ2v) is 4.45. The SMILES string of the molecule is CCCCC(NC(=O)CCC(=O)NCCC)C(=O)O. The Hall–Kier alpha value is -1.59. The highest BCUT2D eigenvalue weighted by molar-refractivity contribution is 5.86. The number of nitrogens with one attached hydrogen (secondary N) is 2. The lowest BCUT2D eigenvalue weighted by Gasteiger charge is -2.13. The molecule has 0 aliphatic rings. The van der Waals surface area contributed by atoms with Gasteiger partial charge in [-0.25, -0.2) is 4.79 Å². The molecule has 0 saturated heterocycles. The lowest BCUT2D eigenvalue weighted by molar-refractivity contribution is -0.142. The zero-order valence-corrected chi connectivity index (χ0v) is 11.7. The van der Waals surface area contributed by atoms with Crippen LogP contribution in [-0.2, 0) is 14.4 Å². The summed E-state index contributed by atoms with van der Waals surface area (Å²) >= 11 is 0. The van der Waals surface area contributed by atoms with Crippen molar-refractivity contribution in [2.24, 2.45) is 0 Å². The molecule has 0 radical (unpaired) electrons. The fourth-order valence-corrected chi connectivity index (χ4v) is 1.51. The van der Waals surface area contributed by atoms with Gasteiger partial charge in [0.1, 0.15) is 6.04 Å². The predicted molar refractivity (Wildman–Crippen MR) is 71.6 cm³/mol. The van der Waals surface area contributed by atoms with E-state index < -0.39 is 17.9 Å². The molecule has 2 amide bonds. The Balaban J connectivity index is 3.99. The van der Waals surface area contributed by atoms with Crippen LogP contribution in [0.15, 0.2) is 0 Å². The van der Waals surface area contributed by atoms with E-state index in [0.717, 1.165) is 19.3 Å². The maximum absolute atomic E-state index is 11.5. The third-order valence-corrected chi connectivity index (χ3v) is 2.63. The maximum atomic E-state index is 11.5. The average molecular weight is 272 g/mol. The molecule has 0 aromatic heterocycles. The molecule has 0 bridgehead atoms. The van der Waals surface area contributed by atoms with Gasteiger partial charge in [-0.15, -0.1) is 0 Å². The van der Waals surface area contributed by atoms with Gasteiger partial charge >= 0.3 is 5.97 Å². The Morgan fingerprint density at radius 3 is 2.21 bits per heavy atom. The molecule has 19 heavy (non-hydrogen) atoms. The Bertz CT molecular complexity index is 305. The molecule has 0 spiro atoms. The number of hydrogen-bond acceptors (Lipinski definition) is 3. The Kier molecular flexibility index (Phi) is 9.48. The quantitative estimate of drug-likeness (QED) is 0.554. The van der Waals surface area contributed by atoms with E-state index in [1.54, 1.807) is 0 Å². The van der Waals surface area contributed by atoms with Crippen molar-refractivity contribution < 1.29 is 19.5 Å². The van der Waals surface area contributed by atoms with Crippen LogP contribution in [0.4, 0.5) is 0 Å². The molecule has 0 aliphatic carbocycles. The van der Waals surface area contributed by atoms with E-state index >= 15 is 0 Å². The minimum Gasteiger partial charge on any atom is -0.480 e. The second-order valence-electron chi connectivity index (χ2n) is 4.45. The summed E-state index contributed by atoms with van der Waals surface area (Å²) in [6.07, 6.45) is 2.99. The van der Waals surface area contributed by atoms with Crippen LogP contribution in [0.2, 0.25) is 0 Å². The number of carbonyl (C=O) groups excluding carboxylic acids is 2. The fraction of sp³-hybridized carbons (Fsp3) is 0.769. The molecule has 0 aromatic carbocycles. The number of carboxylic acids is 1. The van der Waals surface area contributed by atoms with E-state index in [1.807, 2.05) is 13.8 Å². The van der Waals surface area contributed by atoms with Crippen LogP contribution in [0.25, 0.3) is 0 Å². The zero-order valence-electron chi connectivity index (χ0n) is 11.7. The van der Waals surface area contributed by atoms with Crippen molar-refractivity contribution in [2.75, 3.05) is 6.54 Å². The van der Waals surface area contributed by atoms with Gasteiger partial charge in [0.05, 0.1) is 0 Å². The van der Waals surface area contributed by atoms with Gasteiger partial charge in [0, 0.05) is 19.4 Å². The monoisotopic (exact) mass is 272 g/mol. The number of unbranched alkanes of at least 4 members (excludes halogenated alkanes) is 1. The summed E-state index contributed by atoms with van der Waals surface area (Å²) in [5.41, 5.74) is 0. The third kappa shape index (κ3) is 9.04. The highest BCUT2D eigenvalue weighted by Crippen LogP contribution is 2.02. The summed E-state index contributed by atoms with van der Waals surface area (Å²) in [7, 11) is 0. The highest BCUT2D eigenvalue weighted by Gasteiger charge is 2.19. The summed E-state index contributed by atoms with van der Waals surface area (Å²) < 4.78 is 0. The van der Waals surface area contributed by atoms with E-state index in [2.05, 4.69) is 10.6 Å². The van der Waals surface area contributed by atoms with Crippen molar-refractivity contribution in [3.8, 4) is 0 Å². The molecule has 0 rings (SSSR count). The van der Waals surface area contributed by atoms with E-state index in [9.17, 15) is 14.4 Å². The molecule has 0 aliphatic heterocycles. The maximum Gasteiger partial charge on any atom is 0.326 e. The van der Waals surface area contributed by atoms with Crippen LogP contribution in [0.3, 0.4) is 0 Å². The molecule has 0 fully saturated rings. The number of hydrogen-bond donors (Lipinski definition) is 3. The van der Waals surface area contributed by atoms with Crippen LogP contribution in [0, 0.1) is 0 Å². The van der Waals surface area contributed by atoms with Crippen molar-refractivity contribution in [3.05, 3.63) is 0 Å². The first-order valence-corrected chi connectivity index (χ1v) is 6.80. The predicted octanol–water partition coefficient (Wildman–Crippen LogP) is 1.05. The summed E-state index contributed by atoms with van der Waals surface area (Å²) in [6, 6.07) is -0.855. The summed E-state index contributed by atoms with van der Waals surface area (Å²) in [5.74, 6) is -1.61. The van der Waals surface area contributed by atoms with Crippen LogP contribution in [0.1, 0.15) is 52.4 Å². The molecule has 6 nitrogen and oxygen atoms in total. The Morgan fingerprint density at radius 1 is 1.05 bits per heavy atom. The Morgan fingerprint density at radius 2 is 1.68 bits per heavy atom. The number of aliphatic carboxylic acids is 1. The molecular formula is C13H24N2O4. The lowest BCUT2D eigenvalue weighted by Crippen LogP contribution is -2.41. The van der Waals surface area contributed by atoms with Gasteiger partial charge < -0.3 is 15.7 Å². The van der Waals surface area contributed by atoms with Crippen molar-refractivity contribution in [1.29, 1.82) is 0 Å². The third-order valence-electron chi connectivity index (χ3n) is 2.63. The molecule has 0 aromatic rings. The topological polar surface area (TPSA) is 95.5 Å². The average Bonchev–Trinajstić information content (AvgIpc) is 2.38. The van der Waals surface area contributed by atoms with E-state index in [-0.39, 0.29) is 18.7 Å². The fourth-order valence-electron chi connectivity index (χ4n) is 1.51. The first kappa shape index (κ1) is 17.4. The van der Waals surface area contributed by atoms with Gasteiger partial charge in [0.2, 0.25) is 11.8 Å². The highest BCUT2D eigenvalue weighted by atomic mass is 16.4. The Labute approximate surface area is 113 Å². The second kappa shape index (κ2) is 10.3. The van der Waals surface area contributed by atoms with Crippen LogP contribution in [0.5, 0.6) is 0 Å². The van der Waals surface area contributed by atoms with Crippen LogP contribution >= 0.6 is 0 Å². The normalized spacial score (nSPS) is 11.7. The largest absolute Gasteiger partial charge is 0.480 e. The van der Waals surface area contributed by atoms with E-state index in [1.165, 1.54) is 0 Å². The first-order chi connectivity index (χ1) is 9.01. The first-order valence-electron chi connectivity index (χ1n) is 6.80. The number of carbonyl (C=O) groups is 3. The molecule has 110 valence electrons. The van der Waals surface area contributed by atoms with E-state index in [4.69, 9.17) is 5.11 Å². The molecule has 6 heteroatoms. The standard InChI is InChI=1S/C13H24N2O4/c1-3-5-6-10(13(18)19)15-12(17)8-7-11(16)14-9-4-2/h10H,3-9H2,1-2H3,(H,14,16)(H,15,17)(H,18,19). The minimum atomic E-state index is -1.03. The minimum absolute atomic E-state index is 0.0193. The number of rotatable bonds is 10. The van der Waals surface area contributed by atoms with Gasteiger partial charge in [-0.05, 0) is 12.8 Å². The van der Waals surface area contributed by atoms with Crippen molar-refractivity contribution in [1.82, 2.24) is 10.6 Å². The van der Waals surface area contributed by atoms with Crippen LogP contribution in [-0.4, -0.2) is 35.5 Å². The molecule has 0 saturated carbocycles. The van der Waals surface area contributed by atoms with Crippen molar-refractivity contribution in [3.63, 3.8) is 0 Å².